The Kier molecular flexibility index (Phi) is 4.66. The van der Waals surface area contributed by atoms with Gasteiger partial charge in [-0.1, -0.05) is 0 Å². The van der Waals surface area contributed by atoms with Crippen molar-refractivity contribution in [3.05, 3.63) is 48.0 Å². The van der Waals surface area contributed by atoms with E-state index in [1.165, 1.54) is 14.2 Å². The van der Waals surface area contributed by atoms with E-state index in [1.54, 1.807) is 49.6 Å². The molecule has 0 fully saturated rings. The maximum atomic E-state index is 12.1. The van der Waals surface area contributed by atoms with E-state index in [-0.39, 0.29) is 0 Å². The molecule has 0 atom stereocenters. The van der Waals surface area contributed by atoms with Crippen molar-refractivity contribution in [3.8, 4) is 23.0 Å². The summed E-state index contributed by atoms with van der Waals surface area (Å²) >= 11 is 0. The molecule has 0 aromatic heterocycles. The van der Waals surface area contributed by atoms with Crippen molar-refractivity contribution in [2.75, 3.05) is 21.3 Å². The van der Waals surface area contributed by atoms with Crippen LogP contribution < -0.4 is 18.9 Å². The average Bonchev–Trinajstić information content (AvgIpc) is 2.54. The second kappa shape index (κ2) is 6.65. The molecule has 5 nitrogen and oxygen atoms in total. The van der Waals surface area contributed by atoms with Gasteiger partial charge in [-0.25, -0.2) is 4.79 Å². The minimum absolute atomic E-state index is 0.378. The predicted molar refractivity (Wildman–Crippen MR) is 77.5 cm³/mol. The molecule has 21 heavy (non-hydrogen) atoms. The highest BCUT2D eigenvalue weighted by atomic mass is 16.5. The van der Waals surface area contributed by atoms with E-state index in [1.807, 2.05) is 0 Å². The number of hydrogen-bond donors (Lipinski definition) is 0. The van der Waals surface area contributed by atoms with Gasteiger partial charge < -0.3 is 18.9 Å². The van der Waals surface area contributed by atoms with Gasteiger partial charge in [-0.15, -0.1) is 0 Å². The van der Waals surface area contributed by atoms with Crippen molar-refractivity contribution < 1.29 is 23.7 Å². The number of ether oxygens (including phenoxy) is 4. The molecule has 0 bridgehead atoms. The maximum absolute atomic E-state index is 12.1. The highest BCUT2D eigenvalue weighted by molar-refractivity contribution is 5.91. The van der Waals surface area contributed by atoms with Gasteiger partial charge in [0.15, 0.2) is 11.5 Å². The van der Waals surface area contributed by atoms with Crippen molar-refractivity contribution in [1.82, 2.24) is 0 Å². The molecule has 5 heteroatoms. The molecule has 0 aliphatic rings. The van der Waals surface area contributed by atoms with Gasteiger partial charge in [0.05, 0.1) is 26.9 Å². The number of carbonyl (C=O) groups is 1. The Morgan fingerprint density at radius 3 is 1.95 bits per heavy atom. The van der Waals surface area contributed by atoms with Crippen molar-refractivity contribution in [2.45, 2.75) is 0 Å². The van der Waals surface area contributed by atoms with Crippen LogP contribution in [-0.2, 0) is 0 Å². The Hall–Kier alpha value is -2.69. The molecule has 0 aliphatic carbocycles. The van der Waals surface area contributed by atoms with Crippen LogP contribution in [-0.4, -0.2) is 27.3 Å². The maximum Gasteiger partial charge on any atom is 0.343 e. The van der Waals surface area contributed by atoms with Crippen LogP contribution in [0.15, 0.2) is 42.5 Å². The second-order valence-electron chi connectivity index (χ2n) is 4.13. The zero-order valence-corrected chi connectivity index (χ0v) is 12.1. The number of carbonyl (C=O) groups excluding carboxylic acids is 1. The quantitative estimate of drug-likeness (QED) is 0.625. The number of rotatable bonds is 5. The summed E-state index contributed by atoms with van der Waals surface area (Å²) in [5.41, 5.74) is 0.378. The number of hydrogen-bond acceptors (Lipinski definition) is 5. The van der Waals surface area contributed by atoms with Gasteiger partial charge in [-0.3, -0.25) is 0 Å². The summed E-state index contributed by atoms with van der Waals surface area (Å²) < 4.78 is 20.6. The Morgan fingerprint density at radius 2 is 1.38 bits per heavy atom. The van der Waals surface area contributed by atoms with Crippen LogP contribution in [0, 0.1) is 0 Å². The molecular weight excluding hydrogens is 272 g/mol. The first-order valence-electron chi connectivity index (χ1n) is 6.26. The van der Waals surface area contributed by atoms with E-state index in [4.69, 9.17) is 18.9 Å². The molecule has 0 heterocycles. The molecule has 2 aromatic rings. The van der Waals surface area contributed by atoms with Crippen LogP contribution in [0.25, 0.3) is 0 Å². The first kappa shape index (κ1) is 14.7. The van der Waals surface area contributed by atoms with Gasteiger partial charge in [0.2, 0.25) is 0 Å². The molecule has 0 N–H and O–H groups in total. The lowest BCUT2D eigenvalue weighted by Gasteiger charge is -2.09. The fraction of sp³-hybridized carbons (Fsp3) is 0.188. The zero-order valence-electron chi connectivity index (χ0n) is 12.1. The summed E-state index contributed by atoms with van der Waals surface area (Å²) in [7, 11) is 4.62. The largest absolute Gasteiger partial charge is 0.497 e. The molecular formula is C16H16O5. The zero-order chi connectivity index (χ0) is 15.2. The summed E-state index contributed by atoms with van der Waals surface area (Å²) in [5.74, 6) is 1.69. The van der Waals surface area contributed by atoms with Crippen molar-refractivity contribution in [1.29, 1.82) is 0 Å². The van der Waals surface area contributed by atoms with Crippen molar-refractivity contribution in [3.63, 3.8) is 0 Å². The lowest BCUT2D eigenvalue weighted by atomic mass is 10.2. The van der Waals surface area contributed by atoms with Crippen LogP contribution in [0.4, 0.5) is 0 Å². The molecule has 2 aromatic carbocycles. The number of benzene rings is 2. The van der Waals surface area contributed by atoms with Gasteiger partial charge in [0.25, 0.3) is 0 Å². The standard InChI is InChI=1S/C16H16O5/c1-18-12-5-7-13(8-6-12)21-16(17)11-4-9-14(19-2)15(10-11)20-3/h4-10H,1-3H3. The second-order valence-corrected chi connectivity index (χ2v) is 4.13. The van der Waals surface area contributed by atoms with Gasteiger partial charge in [0.1, 0.15) is 11.5 Å². The topological polar surface area (TPSA) is 54.0 Å². The van der Waals surface area contributed by atoms with E-state index in [9.17, 15) is 4.79 Å². The summed E-state index contributed by atoms with van der Waals surface area (Å²) in [6.07, 6.45) is 0. The first-order valence-corrected chi connectivity index (χ1v) is 6.26. The highest BCUT2D eigenvalue weighted by Crippen LogP contribution is 2.28. The fourth-order valence-electron chi connectivity index (χ4n) is 1.77. The molecule has 0 radical (unpaired) electrons. The summed E-state index contributed by atoms with van der Waals surface area (Å²) in [4.78, 5) is 12.1. The minimum atomic E-state index is -0.471. The van der Waals surface area contributed by atoms with Crippen LogP contribution in [0.2, 0.25) is 0 Å². The molecule has 0 spiro atoms. The van der Waals surface area contributed by atoms with E-state index >= 15 is 0 Å². The van der Waals surface area contributed by atoms with E-state index in [0.29, 0.717) is 28.6 Å². The molecule has 0 saturated heterocycles. The smallest absolute Gasteiger partial charge is 0.343 e. The molecule has 0 aliphatic heterocycles. The lowest BCUT2D eigenvalue weighted by Crippen LogP contribution is -2.08. The Labute approximate surface area is 123 Å². The first-order chi connectivity index (χ1) is 10.2. The minimum Gasteiger partial charge on any atom is -0.497 e. The van der Waals surface area contributed by atoms with Crippen LogP contribution in [0.5, 0.6) is 23.0 Å². The SMILES string of the molecule is COc1ccc(OC(=O)c2ccc(OC)c(OC)c2)cc1. The number of methoxy groups -OCH3 is 3. The summed E-state index contributed by atoms with van der Waals surface area (Å²) in [5, 5.41) is 0. The molecule has 0 unspecified atom stereocenters. The van der Waals surface area contributed by atoms with Crippen molar-refractivity contribution >= 4 is 5.97 Å². The molecule has 0 saturated carbocycles. The lowest BCUT2D eigenvalue weighted by molar-refractivity contribution is 0.0734. The third-order valence-electron chi connectivity index (χ3n) is 2.89. The Morgan fingerprint density at radius 1 is 0.762 bits per heavy atom. The van der Waals surface area contributed by atoms with Gasteiger partial charge in [-0.05, 0) is 42.5 Å². The molecule has 2 rings (SSSR count). The summed E-state index contributed by atoms with van der Waals surface area (Å²) in [6, 6.07) is 11.6. The van der Waals surface area contributed by atoms with Gasteiger partial charge in [-0.2, -0.15) is 0 Å². The third kappa shape index (κ3) is 3.45. The Bertz CT molecular complexity index is 619. The normalized spacial score (nSPS) is 9.86. The highest BCUT2D eigenvalue weighted by Gasteiger charge is 2.12. The average molecular weight is 288 g/mol. The van der Waals surface area contributed by atoms with E-state index in [2.05, 4.69) is 0 Å². The van der Waals surface area contributed by atoms with Gasteiger partial charge in [0, 0.05) is 0 Å². The van der Waals surface area contributed by atoms with Gasteiger partial charge >= 0.3 is 5.97 Å². The summed E-state index contributed by atoms with van der Waals surface area (Å²) in [6.45, 7) is 0. The van der Waals surface area contributed by atoms with Crippen LogP contribution in [0.3, 0.4) is 0 Å². The molecule has 0 amide bonds. The predicted octanol–water partition coefficient (Wildman–Crippen LogP) is 2.93. The third-order valence-corrected chi connectivity index (χ3v) is 2.89. The number of esters is 1. The monoisotopic (exact) mass is 288 g/mol. The van der Waals surface area contributed by atoms with E-state index in [0.717, 1.165) is 0 Å². The molecule has 110 valence electrons. The Balaban J connectivity index is 2.15. The van der Waals surface area contributed by atoms with E-state index < -0.39 is 5.97 Å². The fourth-order valence-corrected chi connectivity index (χ4v) is 1.77. The van der Waals surface area contributed by atoms with Crippen molar-refractivity contribution in [2.24, 2.45) is 0 Å². The van der Waals surface area contributed by atoms with Crippen LogP contribution >= 0.6 is 0 Å². The van der Waals surface area contributed by atoms with Crippen LogP contribution in [0.1, 0.15) is 10.4 Å².